The number of anilines is 1. The van der Waals surface area contributed by atoms with E-state index in [1.54, 1.807) is 0 Å². The summed E-state index contributed by atoms with van der Waals surface area (Å²) in [6.07, 6.45) is 0. The Labute approximate surface area is 117 Å². The molecule has 104 valence electrons. The van der Waals surface area contributed by atoms with Gasteiger partial charge in [0.2, 0.25) is 0 Å². The second kappa shape index (κ2) is 5.65. The lowest BCUT2D eigenvalue weighted by atomic mass is 10.0. The van der Waals surface area contributed by atoms with Crippen molar-refractivity contribution in [3.8, 4) is 11.5 Å². The Bertz CT molecular complexity index is 618. The van der Waals surface area contributed by atoms with Crippen LogP contribution < -0.4 is 5.32 Å². The van der Waals surface area contributed by atoms with Crippen molar-refractivity contribution >= 4 is 11.6 Å². The summed E-state index contributed by atoms with van der Waals surface area (Å²) < 4.78 is 0. The average Bonchev–Trinajstić information content (AvgIpc) is 2.42. The van der Waals surface area contributed by atoms with Crippen molar-refractivity contribution in [2.24, 2.45) is 0 Å². The van der Waals surface area contributed by atoms with Gasteiger partial charge >= 0.3 is 0 Å². The Morgan fingerprint density at radius 3 is 2.20 bits per heavy atom. The van der Waals surface area contributed by atoms with Gasteiger partial charge in [-0.1, -0.05) is 26.0 Å². The molecule has 0 bridgehead atoms. The number of benzene rings is 2. The molecule has 0 aliphatic rings. The van der Waals surface area contributed by atoms with E-state index in [9.17, 15) is 15.0 Å². The highest BCUT2D eigenvalue weighted by Crippen LogP contribution is 2.25. The van der Waals surface area contributed by atoms with Crippen molar-refractivity contribution in [2.75, 3.05) is 5.32 Å². The summed E-state index contributed by atoms with van der Waals surface area (Å²) in [5.41, 5.74) is 2.17. The summed E-state index contributed by atoms with van der Waals surface area (Å²) in [5, 5.41) is 21.3. The van der Waals surface area contributed by atoms with Crippen molar-refractivity contribution in [3.05, 3.63) is 53.6 Å². The first-order valence-electron chi connectivity index (χ1n) is 6.40. The third-order valence-electron chi connectivity index (χ3n) is 3.07. The topological polar surface area (TPSA) is 69.6 Å². The molecule has 0 aromatic heterocycles. The van der Waals surface area contributed by atoms with Crippen LogP contribution in [0.4, 0.5) is 5.69 Å². The molecule has 0 radical (unpaired) electrons. The molecular formula is C16H17NO3. The molecule has 0 saturated heterocycles. The molecule has 0 heterocycles. The summed E-state index contributed by atoms with van der Waals surface area (Å²) in [7, 11) is 0. The Morgan fingerprint density at radius 1 is 1.00 bits per heavy atom. The first-order chi connectivity index (χ1) is 9.47. The summed E-state index contributed by atoms with van der Waals surface area (Å²) in [5.74, 6) is -0.456. The number of phenols is 2. The van der Waals surface area contributed by atoms with Crippen molar-refractivity contribution in [3.63, 3.8) is 0 Å². The number of carbonyl (C=O) groups excluding carboxylic acids is 1. The zero-order valence-corrected chi connectivity index (χ0v) is 11.4. The van der Waals surface area contributed by atoms with Gasteiger partial charge in [-0.05, 0) is 41.8 Å². The number of hydrogen-bond donors (Lipinski definition) is 3. The molecule has 2 aromatic rings. The van der Waals surface area contributed by atoms with Crippen molar-refractivity contribution in [1.82, 2.24) is 0 Å². The molecule has 0 saturated carbocycles. The normalized spacial score (nSPS) is 10.6. The maximum atomic E-state index is 12.0. The van der Waals surface area contributed by atoms with Crippen LogP contribution in [0.5, 0.6) is 11.5 Å². The fourth-order valence-corrected chi connectivity index (χ4v) is 1.82. The molecule has 2 aromatic carbocycles. The van der Waals surface area contributed by atoms with Gasteiger partial charge in [-0.2, -0.15) is 0 Å². The monoisotopic (exact) mass is 271 g/mol. The second-order valence-corrected chi connectivity index (χ2v) is 4.93. The first kappa shape index (κ1) is 13.9. The van der Waals surface area contributed by atoms with E-state index in [2.05, 4.69) is 19.2 Å². The van der Waals surface area contributed by atoms with E-state index in [0.29, 0.717) is 11.6 Å². The van der Waals surface area contributed by atoms with E-state index in [1.807, 2.05) is 24.3 Å². The van der Waals surface area contributed by atoms with Gasteiger partial charge in [0.05, 0.1) is 0 Å². The molecule has 4 nitrogen and oxygen atoms in total. The Morgan fingerprint density at radius 2 is 1.65 bits per heavy atom. The van der Waals surface area contributed by atoms with Gasteiger partial charge in [0, 0.05) is 11.3 Å². The van der Waals surface area contributed by atoms with Crippen molar-refractivity contribution in [2.45, 2.75) is 19.8 Å². The number of aromatic hydroxyl groups is 2. The largest absolute Gasteiger partial charge is 0.504 e. The van der Waals surface area contributed by atoms with Crippen LogP contribution in [0.15, 0.2) is 42.5 Å². The lowest BCUT2D eigenvalue weighted by Crippen LogP contribution is -2.11. The summed E-state index contributed by atoms with van der Waals surface area (Å²) in [4.78, 5) is 12.0. The average molecular weight is 271 g/mol. The van der Waals surface area contributed by atoms with Gasteiger partial charge in [0.1, 0.15) is 0 Å². The van der Waals surface area contributed by atoms with Gasteiger partial charge in [-0.15, -0.1) is 0 Å². The third kappa shape index (κ3) is 3.09. The molecule has 3 N–H and O–H groups in total. The zero-order valence-electron chi connectivity index (χ0n) is 11.4. The number of carbonyl (C=O) groups is 1. The minimum atomic E-state index is -0.336. The molecule has 1 amide bonds. The predicted octanol–water partition coefficient (Wildman–Crippen LogP) is 3.47. The van der Waals surface area contributed by atoms with Gasteiger partial charge in [-0.3, -0.25) is 4.79 Å². The van der Waals surface area contributed by atoms with E-state index in [4.69, 9.17) is 0 Å². The van der Waals surface area contributed by atoms with Crippen molar-refractivity contribution in [1.29, 1.82) is 0 Å². The van der Waals surface area contributed by atoms with Gasteiger partial charge in [0.15, 0.2) is 11.5 Å². The van der Waals surface area contributed by atoms with Crippen LogP contribution >= 0.6 is 0 Å². The van der Waals surface area contributed by atoms with Crippen LogP contribution in [0.3, 0.4) is 0 Å². The first-order valence-corrected chi connectivity index (χ1v) is 6.40. The Hall–Kier alpha value is -2.49. The number of hydrogen-bond acceptors (Lipinski definition) is 3. The van der Waals surface area contributed by atoms with E-state index in [0.717, 1.165) is 0 Å². The lowest BCUT2D eigenvalue weighted by Gasteiger charge is -2.09. The molecule has 0 aliphatic heterocycles. The van der Waals surface area contributed by atoms with Gasteiger partial charge < -0.3 is 15.5 Å². The number of amides is 1. The fraction of sp³-hybridized carbons (Fsp3) is 0.188. The lowest BCUT2D eigenvalue weighted by molar-refractivity contribution is 0.102. The van der Waals surface area contributed by atoms with Crippen LogP contribution in [0.2, 0.25) is 0 Å². The Balaban J connectivity index is 2.12. The molecule has 0 aliphatic carbocycles. The Kier molecular flexibility index (Phi) is 3.94. The molecule has 4 heteroatoms. The quantitative estimate of drug-likeness (QED) is 0.749. The maximum Gasteiger partial charge on any atom is 0.255 e. The third-order valence-corrected chi connectivity index (χ3v) is 3.07. The number of rotatable bonds is 3. The van der Waals surface area contributed by atoms with E-state index >= 15 is 0 Å². The number of phenolic OH excluding ortho intramolecular Hbond substituents is 2. The minimum absolute atomic E-state index is 0.247. The van der Waals surface area contributed by atoms with E-state index in [-0.39, 0.29) is 23.0 Å². The van der Waals surface area contributed by atoms with E-state index < -0.39 is 0 Å². The SMILES string of the molecule is CC(C)c1ccc(NC(=O)c2ccc(O)c(O)c2)cc1. The van der Waals surface area contributed by atoms with E-state index in [1.165, 1.54) is 23.8 Å². The number of nitrogens with one attached hydrogen (secondary N) is 1. The maximum absolute atomic E-state index is 12.0. The molecule has 0 spiro atoms. The highest BCUT2D eigenvalue weighted by molar-refractivity contribution is 6.04. The minimum Gasteiger partial charge on any atom is -0.504 e. The second-order valence-electron chi connectivity index (χ2n) is 4.93. The smallest absolute Gasteiger partial charge is 0.255 e. The summed E-state index contributed by atoms with van der Waals surface area (Å²) >= 11 is 0. The molecule has 0 unspecified atom stereocenters. The zero-order chi connectivity index (χ0) is 14.7. The fourth-order valence-electron chi connectivity index (χ4n) is 1.82. The standard InChI is InChI=1S/C16H17NO3/c1-10(2)11-3-6-13(7-4-11)17-16(20)12-5-8-14(18)15(19)9-12/h3-10,18-19H,1-2H3,(H,17,20). The van der Waals surface area contributed by atoms with Gasteiger partial charge in [0.25, 0.3) is 5.91 Å². The highest BCUT2D eigenvalue weighted by atomic mass is 16.3. The highest BCUT2D eigenvalue weighted by Gasteiger charge is 2.09. The molecule has 0 fully saturated rings. The van der Waals surface area contributed by atoms with Crippen molar-refractivity contribution < 1.29 is 15.0 Å². The van der Waals surface area contributed by atoms with Crippen LogP contribution in [0.1, 0.15) is 35.7 Å². The molecular weight excluding hydrogens is 254 g/mol. The van der Waals surface area contributed by atoms with Gasteiger partial charge in [-0.25, -0.2) is 0 Å². The molecule has 20 heavy (non-hydrogen) atoms. The van der Waals surface area contributed by atoms with Crippen LogP contribution in [0.25, 0.3) is 0 Å². The molecule has 0 atom stereocenters. The summed E-state index contributed by atoms with van der Waals surface area (Å²) in [6.45, 7) is 4.21. The molecule has 2 rings (SSSR count). The summed E-state index contributed by atoms with van der Waals surface area (Å²) in [6, 6.07) is 11.6. The predicted molar refractivity (Wildman–Crippen MR) is 78.3 cm³/mol. The van der Waals surface area contributed by atoms with Crippen LogP contribution in [-0.4, -0.2) is 16.1 Å². The van der Waals surface area contributed by atoms with Crippen LogP contribution in [0, 0.1) is 0 Å². The van der Waals surface area contributed by atoms with Crippen LogP contribution in [-0.2, 0) is 0 Å².